The monoisotopic (exact) mass is 269 g/mol. The lowest BCUT2D eigenvalue weighted by Gasteiger charge is -2.06. The van der Waals surface area contributed by atoms with E-state index in [-0.39, 0.29) is 17.1 Å². The first-order chi connectivity index (χ1) is 9.61. The van der Waals surface area contributed by atoms with E-state index in [1.165, 1.54) is 12.3 Å². The van der Waals surface area contributed by atoms with Crippen molar-refractivity contribution in [2.45, 2.75) is 13.5 Å². The van der Waals surface area contributed by atoms with Gasteiger partial charge in [-0.15, -0.1) is 0 Å². The molecule has 0 fully saturated rings. The van der Waals surface area contributed by atoms with Gasteiger partial charge in [-0.1, -0.05) is 6.07 Å². The largest absolute Gasteiger partial charge is 0.359 e. The molecule has 0 aromatic carbocycles. The number of anilines is 1. The van der Waals surface area contributed by atoms with Crippen molar-refractivity contribution in [3.8, 4) is 6.07 Å². The standard InChI is InChI=1S/C13H11N5O2/c1-9-3-2-4-11(17-9)8-16-13-12(18(19)20)10(7-14)5-6-15-13/h2-6H,8H2,1H3,(H,15,16). The van der Waals surface area contributed by atoms with Crippen molar-refractivity contribution in [2.24, 2.45) is 0 Å². The Labute approximate surface area is 115 Å². The zero-order valence-corrected chi connectivity index (χ0v) is 10.7. The van der Waals surface area contributed by atoms with Crippen LogP contribution in [0.5, 0.6) is 0 Å². The molecule has 0 bridgehead atoms. The molecule has 0 aliphatic heterocycles. The Balaban J connectivity index is 2.26. The number of rotatable bonds is 4. The maximum Gasteiger partial charge on any atom is 0.328 e. The van der Waals surface area contributed by atoms with Crippen LogP contribution in [0.4, 0.5) is 11.5 Å². The lowest BCUT2D eigenvalue weighted by molar-refractivity contribution is -0.384. The Kier molecular flexibility index (Phi) is 3.86. The minimum atomic E-state index is -0.614. The summed E-state index contributed by atoms with van der Waals surface area (Å²) in [6, 6.07) is 8.62. The molecule has 20 heavy (non-hydrogen) atoms. The lowest BCUT2D eigenvalue weighted by Crippen LogP contribution is -2.07. The van der Waals surface area contributed by atoms with Crippen LogP contribution in [0.15, 0.2) is 30.5 Å². The minimum Gasteiger partial charge on any atom is -0.359 e. The van der Waals surface area contributed by atoms with Gasteiger partial charge in [-0.3, -0.25) is 15.1 Å². The zero-order valence-electron chi connectivity index (χ0n) is 10.7. The van der Waals surface area contributed by atoms with Crippen molar-refractivity contribution in [3.05, 3.63) is 57.5 Å². The van der Waals surface area contributed by atoms with E-state index in [1.54, 1.807) is 12.1 Å². The molecule has 7 nitrogen and oxygen atoms in total. The molecule has 0 amide bonds. The maximum absolute atomic E-state index is 11.0. The third-order valence-corrected chi connectivity index (χ3v) is 2.61. The van der Waals surface area contributed by atoms with Gasteiger partial charge in [-0.25, -0.2) is 4.98 Å². The molecular formula is C13H11N5O2. The van der Waals surface area contributed by atoms with Gasteiger partial charge in [0.15, 0.2) is 0 Å². The zero-order chi connectivity index (χ0) is 14.5. The third-order valence-electron chi connectivity index (χ3n) is 2.61. The first-order valence-corrected chi connectivity index (χ1v) is 5.81. The van der Waals surface area contributed by atoms with Crippen LogP contribution in [0.2, 0.25) is 0 Å². The van der Waals surface area contributed by atoms with Crippen molar-refractivity contribution in [1.29, 1.82) is 5.26 Å². The van der Waals surface area contributed by atoms with E-state index in [4.69, 9.17) is 5.26 Å². The van der Waals surface area contributed by atoms with Crippen molar-refractivity contribution in [3.63, 3.8) is 0 Å². The average molecular weight is 269 g/mol. The van der Waals surface area contributed by atoms with Gasteiger partial charge in [-0.05, 0) is 25.1 Å². The first kappa shape index (κ1) is 13.4. The van der Waals surface area contributed by atoms with Crippen LogP contribution in [0, 0.1) is 28.4 Å². The molecule has 0 radical (unpaired) electrons. The van der Waals surface area contributed by atoms with Gasteiger partial charge < -0.3 is 5.32 Å². The molecule has 1 N–H and O–H groups in total. The molecule has 0 unspecified atom stereocenters. The number of nitrogens with zero attached hydrogens (tertiary/aromatic N) is 4. The van der Waals surface area contributed by atoms with Gasteiger partial charge in [0.1, 0.15) is 11.6 Å². The highest BCUT2D eigenvalue weighted by molar-refractivity contribution is 5.64. The predicted octanol–water partition coefficient (Wildman–Crippen LogP) is 2.18. The number of hydrogen-bond donors (Lipinski definition) is 1. The molecule has 0 saturated carbocycles. The Bertz CT molecular complexity index is 693. The van der Waals surface area contributed by atoms with E-state index in [0.717, 1.165) is 11.4 Å². The van der Waals surface area contributed by atoms with E-state index in [1.807, 2.05) is 19.1 Å². The molecule has 0 saturated heterocycles. The van der Waals surface area contributed by atoms with E-state index >= 15 is 0 Å². The summed E-state index contributed by atoms with van der Waals surface area (Å²) in [5.41, 5.74) is 1.26. The van der Waals surface area contributed by atoms with Gasteiger partial charge in [0, 0.05) is 11.9 Å². The number of pyridine rings is 2. The average Bonchev–Trinajstić information content (AvgIpc) is 2.44. The minimum absolute atomic E-state index is 0.0234. The maximum atomic E-state index is 11.0. The topological polar surface area (TPSA) is 105 Å². The van der Waals surface area contributed by atoms with Crippen molar-refractivity contribution < 1.29 is 4.92 Å². The van der Waals surface area contributed by atoms with Gasteiger partial charge in [0.25, 0.3) is 0 Å². The molecular weight excluding hydrogens is 258 g/mol. The number of aromatic nitrogens is 2. The fourth-order valence-corrected chi connectivity index (χ4v) is 1.73. The summed E-state index contributed by atoms with van der Waals surface area (Å²) in [5, 5.41) is 22.8. The second kappa shape index (κ2) is 5.75. The predicted molar refractivity (Wildman–Crippen MR) is 71.9 cm³/mol. The molecule has 0 atom stereocenters. The molecule has 2 aromatic heterocycles. The molecule has 100 valence electrons. The van der Waals surface area contributed by atoms with Gasteiger partial charge in [0.2, 0.25) is 5.82 Å². The Morgan fingerprint density at radius 1 is 1.45 bits per heavy atom. The normalized spacial score (nSPS) is 9.80. The van der Waals surface area contributed by atoms with Crippen LogP contribution < -0.4 is 5.32 Å². The van der Waals surface area contributed by atoms with Crippen molar-refractivity contribution in [1.82, 2.24) is 9.97 Å². The molecule has 0 aliphatic carbocycles. The van der Waals surface area contributed by atoms with Gasteiger partial charge in [0.05, 0.1) is 17.2 Å². The third kappa shape index (κ3) is 2.87. The summed E-state index contributed by atoms with van der Waals surface area (Å²) >= 11 is 0. The van der Waals surface area contributed by atoms with Crippen LogP contribution in [0.25, 0.3) is 0 Å². The SMILES string of the molecule is Cc1cccc(CNc2nccc(C#N)c2[N+](=O)[O-])n1. The molecule has 0 spiro atoms. The Morgan fingerprint density at radius 3 is 2.90 bits per heavy atom. The Hall–Kier alpha value is -3.01. The van der Waals surface area contributed by atoms with Gasteiger partial charge >= 0.3 is 5.69 Å². The highest BCUT2D eigenvalue weighted by Crippen LogP contribution is 2.25. The lowest BCUT2D eigenvalue weighted by atomic mass is 10.2. The summed E-state index contributed by atoms with van der Waals surface area (Å²) in [6.07, 6.45) is 1.36. The molecule has 2 rings (SSSR count). The van der Waals surface area contributed by atoms with Crippen molar-refractivity contribution >= 4 is 11.5 Å². The van der Waals surface area contributed by atoms with Crippen LogP contribution in [-0.2, 0) is 6.54 Å². The van der Waals surface area contributed by atoms with Crippen LogP contribution in [-0.4, -0.2) is 14.9 Å². The summed E-state index contributed by atoms with van der Waals surface area (Å²) in [7, 11) is 0. The van der Waals surface area contributed by atoms with Crippen LogP contribution in [0.3, 0.4) is 0 Å². The van der Waals surface area contributed by atoms with E-state index in [9.17, 15) is 10.1 Å². The summed E-state index contributed by atoms with van der Waals surface area (Å²) in [5.74, 6) is 0.0670. The van der Waals surface area contributed by atoms with E-state index in [2.05, 4.69) is 15.3 Å². The Morgan fingerprint density at radius 2 is 2.25 bits per heavy atom. The molecule has 2 heterocycles. The van der Waals surface area contributed by atoms with Crippen LogP contribution in [0.1, 0.15) is 17.0 Å². The van der Waals surface area contributed by atoms with E-state index < -0.39 is 4.92 Å². The van der Waals surface area contributed by atoms with Gasteiger partial charge in [-0.2, -0.15) is 5.26 Å². The highest BCUT2D eigenvalue weighted by Gasteiger charge is 2.20. The molecule has 2 aromatic rings. The second-order valence-electron chi connectivity index (χ2n) is 4.05. The second-order valence-corrected chi connectivity index (χ2v) is 4.05. The summed E-state index contributed by atoms with van der Waals surface area (Å²) < 4.78 is 0. The fraction of sp³-hybridized carbons (Fsp3) is 0.154. The summed E-state index contributed by atoms with van der Waals surface area (Å²) in [6.45, 7) is 2.16. The quantitative estimate of drug-likeness (QED) is 0.673. The number of nitriles is 1. The molecule has 7 heteroatoms. The first-order valence-electron chi connectivity index (χ1n) is 5.81. The number of aryl methyl sites for hydroxylation is 1. The smallest absolute Gasteiger partial charge is 0.328 e. The van der Waals surface area contributed by atoms with E-state index in [0.29, 0.717) is 6.54 Å². The van der Waals surface area contributed by atoms with Crippen LogP contribution >= 0.6 is 0 Å². The highest BCUT2D eigenvalue weighted by atomic mass is 16.6. The molecule has 0 aliphatic rings. The number of nitro groups is 1. The fourth-order valence-electron chi connectivity index (χ4n) is 1.73. The summed E-state index contributed by atoms with van der Waals surface area (Å²) in [4.78, 5) is 18.6. The number of nitrogens with one attached hydrogen (secondary N) is 1. The van der Waals surface area contributed by atoms with Crippen molar-refractivity contribution in [2.75, 3.05) is 5.32 Å². The number of hydrogen-bond acceptors (Lipinski definition) is 6.